The number of aromatic amines is 1. The van der Waals surface area contributed by atoms with E-state index in [2.05, 4.69) is 53.3 Å². The molecule has 0 radical (unpaired) electrons. The van der Waals surface area contributed by atoms with E-state index in [1.165, 1.54) is 35.6 Å². The van der Waals surface area contributed by atoms with Crippen LogP contribution < -0.4 is 20.2 Å². The van der Waals surface area contributed by atoms with Gasteiger partial charge in [-0.25, -0.2) is 13.6 Å². The normalized spacial score (nSPS) is 28.2. The fourth-order valence-corrected chi connectivity index (χ4v) is 11.6. The topological polar surface area (TPSA) is 163 Å². The molecule has 3 fully saturated rings. The summed E-state index contributed by atoms with van der Waals surface area (Å²) in [4.78, 5) is 60.3. The summed E-state index contributed by atoms with van der Waals surface area (Å²) in [5.74, 6) is -2.27. The van der Waals surface area contributed by atoms with Crippen molar-refractivity contribution >= 4 is 62.2 Å². The number of rotatable bonds is 8. The first-order chi connectivity index (χ1) is 21.5. The third kappa shape index (κ3) is 4.93. The minimum absolute atomic E-state index is 0.0423. The van der Waals surface area contributed by atoms with Crippen molar-refractivity contribution in [3.8, 4) is 0 Å². The van der Waals surface area contributed by atoms with E-state index in [4.69, 9.17) is 5.14 Å². The molecular weight excluding hydrogens is 635 g/mol. The predicted octanol–water partition coefficient (Wildman–Crippen LogP) is 3.04. The Morgan fingerprint density at radius 1 is 1.00 bits per heavy atom. The number of sulfonamides is 1. The van der Waals surface area contributed by atoms with Gasteiger partial charge >= 0.3 is 4.87 Å². The van der Waals surface area contributed by atoms with E-state index in [0.717, 1.165) is 45.6 Å². The first kappa shape index (κ1) is 30.2. The molecule has 11 nitrogen and oxygen atoms in total. The number of likely N-dealkylation sites (tertiary alicyclic amines) is 1. The van der Waals surface area contributed by atoms with E-state index < -0.39 is 34.3 Å². The molecule has 7 atom stereocenters. The number of thioether (sulfide) groups is 1. The largest absolute Gasteiger partial charge is 0.372 e. The Bertz CT molecular complexity index is 1850. The molecule has 3 amide bonds. The number of imide groups is 1. The monoisotopic (exact) mass is 667 g/mol. The Morgan fingerprint density at radius 2 is 1.64 bits per heavy atom. The van der Waals surface area contributed by atoms with E-state index >= 15 is 0 Å². The SMILES string of the molecule is CCN(CC)c1ccc([C@H]2c3sc(=O)[nH]c3SC3C4CC(C5C(=O)N(CC(=O)Nc6ccc(S(N)(=O)=O)cc6)C(=O)C45)C32)cc1. The van der Waals surface area contributed by atoms with E-state index in [1.54, 1.807) is 11.8 Å². The van der Waals surface area contributed by atoms with Gasteiger partial charge in [0.05, 0.1) is 21.8 Å². The lowest BCUT2D eigenvalue weighted by Gasteiger charge is -2.43. The van der Waals surface area contributed by atoms with Gasteiger partial charge in [0.1, 0.15) is 6.54 Å². The number of anilines is 2. The number of nitrogens with two attached hydrogens (primary N) is 1. The fraction of sp³-hybridized carbons (Fsp3) is 0.419. The summed E-state index contributed by atoms with van der Waals surface area (Å²) in [5.41, 5.74) is 2.55. The minimum atomic E-state index is -3.88. The molecular formula is C31H33N5O6S3. The highest BCUT2D eigenvalue weighted by Gasteiger charge is 2.69. The van der Waals surface area contributed by atoms with E-state index in [9.17, 15) is 27.6 Å². The number of aromatic nitrogens is 1. The second-order valence-corrected chi connectivity index (χ2v) is 15.9. The van der Waals surface area contributed by atoms with Gasteiger partial charge in [-0.15, -0.1) is 11.8 Å². The van der Waals surface area contributed by atoms with Crippen molar-refractivity contribution in [3.63, 3.8) is 0 Å². The van der Waals surface area contributed by atoms with Crippen LogP contribution in [0.2, 0.25) is 0 Å². The number of carbonyl (C=O) groups excluding carboxylic acids is 3. The van der Waals surface area contributed by atoms with Crippen molar-refractivity contribution in [2.75, 3.05) is 29.9 Å². The van der Waals surface area contributed by atoms with Crippen LogP contribution in [0.4, 0.5) is 11.4 Å². The maximum Gasteiger partial charge on any atom is 0.305 e. The summed E-state index contributed by atoms with van der Waals surface area (Å²) in [6.45, 7) is 5.62. The number of primary sulfonamides is 1. The summed E-state index contributed by atoms with van der Waals surface area (Å²) in [5, 5.41) is 8.70. The Balaban J connectivity index is 1.14. The molecule has 3 aromatic rings. The molecule has 0 spiro atoms. The number of H-pyrrole nitrogens is 1. The Kier molecular flexibility index (Phi) is 7.46. The molecule has 236 valence electrons. The number of hydrogen-bond acceptors (Lipinski definition) is 9. The highest BCUT2D eigenvalue weighted by molar-refractivity contribution is 8.00. The standard InChI is InChI=1S/C31H33N5O6S3/c1-3-35(4-2)17-9-5-15(6-10-17)22-23-19-13-20(26(23)43-28-27(22)44-31(40)34-28)25-24(19)29(38)36(30(25)39)14-21(37)33-16-7-11-18(12-8-16)45(32,41)42/h5-12,19-20,22-26H,3-4,13-14H2,1-2H3,(H,33,37)(H,34,40)(H2,32,41,42)/t19?,20?,22-,23?,24?,25?,26?/m1/s1. The third-order valence-corrected chi connectivity index (χ3v) is 13.5. The number of thiazole rings is 1. The number of nitrogens with one attached hydrogen (secondary N) is 2. The van der Waals surface area contributed by atoms with E-state index in [1.807, 2.05) is 0 Å². The molecule has 2 aliphatic carbocycles. The van der Waals surface area contributed by atoms with E-state index in [-0.39, 0.29) is 50.5 Å². The Hall–Kier alpha value is -3.46. The van der Waals surface area contributed by atoms with Crippen LogP contribution >= 0.6 is 23.1 Å². The van der Waals surface area contributed by atoms with Gasteiger partial charge in [-0.05, 0) is 80.0 Å². The van der Waals surface area contributed by atoms with Crippen LogP contribution in [0.25, 0.3) is 0 Å². The second-order valence-electron chi connectivity index (χ2n) is 12.1. The highest BCUT2D eigenvalue weighted by Crippen LogP contribution is 2.68. The van der Waals surface area contributed by atoms with E-state index in [0.29, 0.717) is 5.69 Å². The number of benzene rings is 2. The maximum atomic E-state index is 13.9. The molecule has 2 aliphatic heterocycles. The number of fused-ring (bicyclic) bond motifs is 9. The van der Waals surface area contributed by atoms with Gasteiger partial charge in [0.2, 0.25) is 27.7 Å². The molecule has 1 saturated heterocycles. The zero-order chi connectivity index (χ0) is 31.8. The van der Waals surface area contributed by atoms with Crippen molar-refractivity contribution in [3.05, 3.63) is 68.6 Å². The quantitative estimate of drug-likeness (QED) is 0.309. The predicted molar refractivity (Wildman–Crippen MR) is 172 cm³/mol. The Morgan fingerprint density at radius 3 is 2.27 bits per heavy atom. The smallest absolute Gasteiger partial charge is 0.305 e. The van der Waals surface area contributed by atoms with Gasteiger partial charge in [-0.2, -0.15) is 0 Å². The average Bonchev–Trinajstić information content (AvgIpc) is 3.74. The lowest BCUT2D eigenvalue weighted by atomic mass is 9.68. The summed E-state index contributed by atoms with van der Waals surface area (Å²) >= 11 is 2.86. The number of hydrogen-bond donors (Lipinski definition) is 3. The van der Waals surface area contributed by atoms with Gasteiger partial charge in [-0.3, -0.25) is 24.1 Å². The molecule has 2 bridgehead atoms. The first-order valence-corrected chi connectivity index (χ1v) is 18.3. The Labute approximate surface area is 268 Å². The molecule has 7 rings (SSSR count). The summed E-state index contributed by atoms with van der Waals surface area (Å²) in [6, 6.07) is 13.9. The fourth-order valence-electron chi connectivity index (χ4n) is 8.16. The molecule has 3 heterocycles. The third-order valence-electron chi connectivity index (χ3n) is 9.96. The van der Waals surface area contributed by atoms with Crippen LogP contribution in [0.3, 0.4) is 0 Å². The average molecular weight is 668 g/mol. The zero-order valence-corrected chi connectivity index (χ0v) is 27.1. The van der Waals surface area contributed by atoms with Crippen LogP contribution in [0.5, 0.6) is 0 Å². The lowest BCUT2D eigenvalue weighted by Crippen LogP contribution is -2.42. The molecule has 45 heavy (non-hydrogen) atoms. The number of amides is 3. The van der Waals surface area contributed by atoms with Crippen molar-refractivity contribution in [2.45, 2.75) is 41.4 Å². The number of carbonyl (C=O) groups is 3. The van der Waals surface area contributed by atoms with Gasteiger partial charge in [-0.1, -0.05) is 23.5 Å². The van der Waals surface area contributed by atoms with Crippen molar-refractivity contribution < 1.29 is 22.8 Å². The number of nitrogens with zero attached hydrogens (tertiary/aromatic N) is 2. The second kappa shape index (κ2) is 11.1. The van der Waals surface area contributed by atoms with Gasteiger partial charge in [0.15, 0.2) is 0 Å². The highest BCUT2D eigenvalue weighted by atomic mass is 32.2. The maximum absolute atomic E-state index is 13.9. The summed E-state index contributed by atoms with van der Waals surface area (Å²) in [6.07, 6.45) is 0.763. The van der Waals surface area contributed by atoms with Crippen LogP contribution in [0, 0.1) is 29.6 Å². The lowest BCUT2D eigenvalue weighted by molar-refractivity contribution is -0.143. The molecule has 4 aliphatic rings. The van der Waals surface area contributed by atoms with Gasteiger partial charge < -0.3 is 15.2 Å². The van der Waals surface area contributed by atoms with Crippen LogP contribution in [0.15, 0.2) is 63.2 Å². The van der Waals surface area contributed by atoms with Crippen molar-refractivity contribution in [1.29, 1.82) is 0 Å². The molecule has 14 heteroatoms. The van der Waals surface area contributed by atoms with Crippen molar-refractivity contribution in [2.24, 2.45) is 34.7 Å². The van der Waals surface area contributed by atoms with Crippen LogP contribution in [-0.2, 0) is 24.4 Å². The minimum Gasteiger partial charge on any atom is -0.372 e. The van der Waals surface area contributed by atoms with Gasteiger partial charge in [0.25, 0.3) is 0 Å². The molecule has 2 aromatic carbocycles. The van der Waals surface area contributed by atoms with Crippen LogP contribution in [-0.4, -0.2) is 60.9 Å². The first-order valence-electron chi connectivity index (χ1n) is 15.0. The van der Waals surface area contributed by atoms with Gasteiger partial charge in [0, 0.05) is 40.5 Å². The van der Waals surface area contributed by atoms with Crippen molar-refractivity contribution in [1.82, 2.24) is 9.88 Å². The molecule has 2 saturated carbocycles. The zero-order valence-electron chi connectivity index (χ0n) is 24.6. The summed E-state index contributed by atoms with van der Waals surface area (Å²) in [7, 11) is -3.88. The summed E-state index contributed by atoms with van der Waals surface area (Å²) < 4.78 is 23.1. The molecule has 6 unspecified atom stereocenters. The molecule has 1 aromatic heterocycles. The molecule has 4 N–H and O–H groups in total. The van der Waals surface area contributed by atoms with Crippen LogP contribution in [0.1, 0.15) is 36.6 Å².